The molecule has 0 saturated carbocycles. The summed E-state index contributed by atoms with van der Waals surface area (Å²) in [6.45, 7) is 0.143. The Morgan fingerprint density at radius 1 is 0.814 bits per heavy atom. The van der Waals surface area contributed by atoms with Crippen molar-refractivity contribution in [2.24, 2.45) is 5.41 Å². The normalized spacial score (nSPS) is 16.5. The Kier molecular flexibility index (Phi) is 5.44. The van der Waals surface area contributed by atoms with E-state index in [2.05, 4.69) is 22.1 Å². The summed E-state index contributed by atoms with van der Waals surface area (Å²) in [6.07, 6.45) is 1.19. The van der Waals surface area contributed by atoms with Crippen molar-refractivity contribution in [1.82, 2.24) is 9.97 Å². The van der Waals surface area contributed by atoms with Crippen LogP contribution >= 0.6 is 0 Å². The van der Waals surface area contributed by atoms with Gasteiger partial charge in [-0.1, -0.05) is 86.1 Å². The molecule has 0 atom stereocenters. The van der Waals surface area contributed by atoms with Crippen LogP contribution in [0.2, 0.25) is 0 Å². The number of rotatable bonds is 3. The summed E-state index contributed by atoms with van der Waals surface area (Å²) in [7, 11) is 0. The van der Waals surface area contributed by atoms with Crippen LogP contribution < -0.4 is 0 Å². The second kappa shape index (κ2) is 12.0. The number of benzene rings is 4. The quantitative estimate of drug-likeness (QED) is 0.133. The van der Waals surface area contributed by atoms with Gasteiger partial charge in [0.1, 0.15) is 5.58 Å². The van der Waals surface area contributed by atoms with E-state index >= 15 is 0 Å². The number of hydrogen-bond acceptors (Lipinski definition) is 3. The molecule has 7 aromatic rings. The molecule has 0 N–H and O–H groups in total. The molecule has 1 radical (unpaired) electrons. The van der Waals surface area contributed by atoms with Crippen LogP contribution in [0.15, 0.2) is 83.5 Å². The van der Waals surface area contributed by atoms with Crippen molar-refractivity contribution in [3.63, 3.8) is 0 Å². The van der Waals surface area contributed by atoms with Gasteiger partial charge in [0, 0.05) is 53.0 Å². The SMILES string of the molecule is [2H]C([2H])([2H])c1c[c-]c(-c2cc(C)c(C([2H])([2H])C(C)(C)C)cn2)cc1.[2H]C([2H])([2H])c1cnc(-c2[c-]cc3ccc4cccc5oc2c3c45)cc1C([2H])([2H])[2H].[Ir]. The second-order valence-corrected chi connectivity index (χ2v) is 11.3. The third-order valence-electron chi connectivity index (χ3n) is 6.95. The Bertz CT molecular complexity index is 2440. The molecule has 3 nitrogen and oxygen atoms in total. The van der Waals surface area contributed by atoms with Crippen molar-refractivity contribution < 1.29 is 39.6 Å². The standard InChI is InChI=1S/C21H14NO.C18H22N.Ir/c1-12-10-17(22-11-13(12)2)16-9-8-15-7-6-14-4-3-5-18-19(14)20(15)21(16)23-18;1-13-6-8-15(9-7-13)17-10-14(2)16(12-19-17)11-18(3,4)5;/h3-8,10-11H,1-2H3;6-8,10,12H,11H2,1-5H3;/q2*-1;/i1D3,2D3;1D3,11D2;. The molecule has 43 heavy (non-hydrogen) atoms. The maximum Gasteiger partial charge on any atom is 0.121 e. The minimum Gasteiger partial charge on any atom is -0.501 e. The molecule has 0 bridgehead atoms. The Morgan fingerprint density at radius 2 is 1.60 bits per heavy atom. The van der Waals surface area contributed by atoms with Gasteiger partial charge >= 0.3 is 0 Å². The maximum atomic E-state index is 8.39. The van der Waals surface area contributed by atoms with Crippen LogP contribution in [0, 0.1) is 45.0 Å². The van der Waals surface area contributed by atoms with Gasteiger partial charge < -0.3 is 14.4 Å². The molecular formula is C39H36IrN2O-2. The molecule has 7 rings (SSSR count). The van der Waals surface area contributed by atoms with Gasteiger partial charge in [0.15, 0.2) is 0 Å². The van der Waals surface area contributed by atoms with E-state index in [0.717, 1.165) is 38.9 Å². The van der Waals surface area contributed by atoms with Crippen molar-refractivity contribution in [1.29, 1.82) is 0 Å². The Labute approximate surface area is 283 Å². The van der Waals surface area contributed by atoms with E-state index in [9.17, 15) is 0 Å². The predicted octanol–water partition coefficient (Wildman–Crippen LogP) is 10.4. The van der Waals surface area contributed by atoms with Crippen LogP contribution in [0.3, 0.4) is 0 Å². The fourth-order valence-corrected chi connectivity index (χ4v) is 4.97. The largest absolute Gasteiger partial charge is 0.501 e. The van der Waals surface area contributed by atoms with Crippen LogP contribution in [0.25, 0.3) is 55.2 Å². The van der Waals surface area contributed by atoms with E-state index in [1.807, 2.05) is 70.2 Å². The number of aryl methyl sites for hydroxylation is 4. The van der Waals surface area contributed by atoms with Crippen molar-refractivity contribution in [2.45, 2.75) is 54.6 Å². The van der Waals surface area contributed by atoms with Gasteiger partial charge in [0.05, 0.1) is 5.58 Å². The van der Waals surface area contributed by atoms with E-state index in [4.69, 9.17) is 19.5 Å². The van der Waals surface area contributed by atoms with Crippen LogP contribution in [0.5, 0.6) is 0 Å². The van der Waals surface area contributed by atoms with Crippen LogP contribution in [-0.2, 0) is 26.5 Å². The Hall–Kier alpha value is -3.85. The Morgan fingerprint density at radius 3 is 2.33 bits per heavy atom. The molecule has 0 amide bonds. The van der Waals surface area contributed by atoms with Crippen LogP contribution in [0.4, 0.5) is 0 Å². The van der Waals surface area contributed by atoms with Crippen LogP contribution in [0.1, 0.15) is 63.7 Å². The first-order valence-electron chi connectivity index (χ1n) is 19.1. The maximum absolute atomic E-state index is 8.39. The molecule has 0 aliphatic heterocycles. The Balaban J connectivity index is 0.000000208. The van der Waals surface area contributed by atoms with E-state index in [0.29, 0.717) is 33.7 Å². The summed E-state index contributed by atoms with van der Waals surface area (Å²) in [5.41, 5.74) is 3.99. The number of nitrogens with zero attached hydrogens (tertiary/aromatic N) is 2. The molecule has 3 heterocycles. The summed E-state index contributed by atoms with van der Waals surface area (Å²) in [5, 5.41) is 3.91. The number of hydrogen-bond donors (Lipinski definition) is 0. The van der Waals surface area contributed by atoms with Crippen molar-refractivity contribution in [2.75, 3.05) is 0 Å². The van der Waals surface area contributed by atoms with Gasteiger partial charge in [-0.15, -0.1) is 47.5 Å². The predicted molar refractivity (Wildman–Crippen MR) is 175 cm³/mol. The van der Waals surface area contributed by atoms with Crippen LogP contribution in [-0.4, -0.2) is 9.97 Å². The van der Waals surface area contributed by atoms with Crippen molar-refractivity contribution >= 4 is 32.7 Å². The first kappa shape index (κ1) is 19.4. The second-order valence-electron chi connectivity index (χ2n) is 11.3. The molecule has 0 unspecified atom stereocenters. The van der Waals surface area contributed by atoms with E-state index in [1.165, 1.54) is 12.1 Å². The first-order chi connectivity index (χ1) is 24.5. The van der Waals surface area contributed by atoms with Crippen molar-refractivity contribution in [3.05, 3.63) is 119 Å². The van der Waals surface area contributed by atoms with Gasteiger partial charge in [0.25, 0.3) is 0 Å². The number of aromatic nitrogens is 2. The number of pyridine rings is 2. The zero-order valence-corrected chi connectivity index (χ0v) is 26.5. The summed E-state index contributed by atoms with van der Waals surface area (Å²) in [4.78, 5) is 8.63. The smallest absolute Gasteiger partial charge is 0.121 e. The fraction of sp³-hybridized carbons (Fsp3) is 0.231. The molecule has 0 aliphatic rings. The average molecular weight is 752 g/mol. The number of furan rings is 1. The summed E-state index contributed by atoms with van der Waals surface area (Å²) in [5.74, 6) is 0. The van der Waals surface area contributed by atoms with Gasteiger partial charge in [-0.2, -0.15) is 0 Å². The fourth-order valence-electron chi connectivity index (χ4n) is 4.97. The third kappa shape index (κ3) is 6.27. The van der Waals surface area contributed by atoms with Crippen molar-refractivity contribution in [3.8, 4) is 22.5 Å². The van der Waals surface area contributed by atoms with Gasteiger partial charge in [-0.3, -0.25) is 0 Å². The minimum absolute atomic E-state index is 0. The first-order valence-corrected chi connectivity index (χ1v) is 13.6. The molecule has 219 valence electrons. The van der Waals surface area contributed by atoms with E-state index in [1.54, 1.807) is 18.3 Å². The summed E-state index contributed by atoms with van der Waals surface area (Å²) in [6, 6.07) is 25.5. The summed E-state index contributed by atoms with van der Waals surface area (Å²) < 4.78 is 91.3. The molecule has 0 saturated heterocycles. The molecule has 0 fully saturated rings. The zero-order chi connectivity index (χ0) is 38.9. The zero-order valence-electron chi connectivity index (χ0n) is 35.1. The molecule has 3 aromatic heterocycles. The monoisotopic (exact) mass is 752 g/mol. The van der Waals surface area contributed by atoms with Gasteiger partial charge in [-0.25, -0.2) is 0 Å². The molecule has 4 aromatic carbocycles. The minimum atomic E-state index is -2.59. The topological polar surface area (TPSA) is 38.9 Å². The molecule has 4 heteroatoms. The average Bonchev–Trinajstić information content (AvgIpc) is 3.46. The van der Waals surface area contributed by atoms with E-state index < -0.39 is 32.3 Å². The molecule has 0 spiro atoms. The van der Waals surface area contributed by atoms with Gasteiger partial charge in [0.2, 0.25) is 0 Å². The molecular weight excluding hydrogens is 705 g/mol. The summed E-state index contributed by atoms with van der Waals surface area (Å²) >= 11 is 0. The van der Waals surface area contributed by atoms with Gasteiger partial charge in [-0.05, 0) is 71.8 Å². The third-order valence-corrected chi connectivity index (χ3v) is 6.95. The van der Waals surface area contributed by atoms with E-state index in [-0.39, 0.29) is 36.8 Å². The molecule has 0 aliphatic carbocycles.